The molecule has 0 aromatic carbocycles. The standard InChI is InChI=1S/C31H48O8/c1-16(32)39-27(2,3)11-10-23(36)31(8,38)25-19-14-20(33)24-17-13-21(34)26(37)28(4,5)18(17)9-12-29(24,6)30(19,7)15-22(25)35/h9,17,19,21-22,24-26,34-35,37-38H,10-15H2,1-8H3/t17-,19-,21+,22-,24+,25-,26-,29-,30-,31+/m1/s1. The molecule has 0 bridgehead atoms. The molecular weight excluding hydrogens is 500 g/mol. The van der Waals surface area contributed by atoms with E-state index < -0.39 is 69.3 Å². The van der Waals surface area contributed by atoms with Gasteiger partial charge < -0.3 is 25.2 Å². The molecule has 0 spiro atoms. The Balaban J connectivity index is 1.65. The summed E-state index contributed by atoms with van der Waals surface area (Å²) < 4.78 is 5.30. The molecule has 4 aliphatic carbocycles. The van der Waals surface area contributed by atoms with Crippen molar-refractivity contribution >= 4 is 17.5 Å². The van der Waals surface area contributed by atoms with Crippen molar-refractivity contribution in [2.24, 2.45) is 39.9 Å². The lowest BCUT2D eigenvalue weighted by Crippen LogP contribution is -2.62. The molecule has 39 heavy (non-hydrogen) atoms. The molecule has 8 nitrogen and oxygen atoms in total. The van der Waals surface area contributed by atoms with E-state index in [-0.39, 0.29) is 36.9 Å². The number of carbonyl (C=O) groups is 3. The van der Waals surface area contributed by atoms with Crippen molar-refractivity contribution in [2.75, 3.05) is 0 Å². The van der Waals surface area contributed by atoms with Crippen molar-refractivity contribution in [3.05, 3.63) is 11.6 Å². The van der Waals surface area contributed by atoms with Crippen molar-refractivity contribution in [2.45, 2.75) is 123 Å². The van der Waals surface area contributed by atoms with Crippen LogP contribution in [0.1, 0.15) is 93.9 Å². The van der Waals surface area contributed by atoms with Gasteiger partial charge in [0.25, 0.3) is 0 Å². The highest BCUT2D eigenvalue weighted by Crippen LogP contribution is 2.71. The van der Waals surface area contributed by atoms with Gasteiger partial charge >= 0.3 is 5.97 Å². The number of rotatable bonds is 6. The van der Waals surface area contributed by atoms with Crippen LogP contribution in [0.3, 0.4) is 0 Å². The minimum atomic E-state index is -1.86. The van der Waals surface area contributed by atoms with Crippen LogP contribution in [0, 0.1) is 39.9 Å². The molecule has 0 unspecified atom stereocenters. The Morgan fingerprint density at radius 3 is 2.26 bits per heavy atom. The van der Waals surface area contributed by atoms with E-state index in [1.165, 1.54) is 13.8 Å². The van der Waals surface area contributed by atoms with E-state index in [9.17, 15) is 34.8 Å². The highest BCUT2D eigenvalue weighted by atomic mass is 16.6. The number of ether oxygens (including phenoxy) is 1. The number of esters is 1. The molecule has 0 radical (unpaired) electrons. The van der Waals surface area contributed by atoms with Gasteiger partial charge in [-0.15, -0.1) is 0 Å². The van der Waals surface area contributed by atoms with E-state index in [2.05, 4.69) is 19.9 Å². The molecule has 0 heterocycles. The summed E-state index contributed by atoms with van der Waals surface area (Å²) in [6.45, 7) is 14.2. The third kappa shape index (κ3) is 4.54. The summed E-state index contributed by atoms with van der Waals surface area (Å²) in [5.74, 6) is -2.64. The molecule has 4 N–H and O–H groups in total. The predicted molar refractivity (Wildman–Crippen MR) is 144 cm³/mol. The van der Waals surface area contributed by atoms with E-state index in [0.29, 0.717) is 19.3 Å². The summed E-state index contributed by atoms with van der Waals surface area (Å²) >= 11 is 0. The Kier molecular flexibility index (Phi) is 7.37. The summed E-state index contributed by atoms with van der Waals surface area (Å²) in [6.07, 6.45) is 0.918. The van der Waals surface area contributed by atoms with Gasteiger partial charge in [0.05, 0.1) is 18.3 Å². The van der Waals surface area contributed by atoms with Crippen LogP contribution in [-0.4, -0.2) is 67.5 Å². The molecule has 4 aliphatic rings. The van der Waals surface area contributed by atoms with Crippen LogP contribution in [0.4, 0.5) is 0 Å². The molecule has 0 saturated heterocycles. The smallest absolute Gasteiger partial charge is 0.303 e. The largest absolute Gasteiger partial charge is 0.460 e. The maximum Gasteiger partial charge on any atom is 0.303 e. The van der Waals surface area contributed by atoms with Crippen molar-refractivity contribution in [3.63, 3.8) is 0 Å². The maximum absolute atomic E-state index is 14.0. The number of aliphatic hydroxyl groups is 4. The third-order valence-corrected chi connectivity index (χ3v) is 11.5. The molecule has 0 aromatic heterocycles. The SMILES string of the molecule is CC(=O)OC(C)(C)CCC(=O)[C@](C)(O)[C@H]1[C@H](O)C[C@]2(C)[C@@H]1CC(=O)[C@@H]1[C@@H]3C[C@H](O)[C@@H](O)C(C)(C)C3=CC[C@]12C. The van der Waals surface area contributed by atoms with Crippen LogP contribution in [-0.2, 0) is 19.1 Å². The molecule has 8 heteroatoms. The van der Waals surface area contributed by atoms with Crippen molar-refractivity contribution < 1.29 is 39.5 Å². The number of Topliss-reactive ketones (excluding diaryl/α,β-unsaturated/α-hetero) is 2. The van der Waals surface area contributed by atoms with Crippen LogP contribution >= 0.6 is 0 Å². The fourth-order valence-electron chi connectivity index (χ4n) is 9.23. The second-order valence-corrected chi connectivity index (χ2v) is 14.8. The van der Waals surface area contributed by atoms with Crippen LogP contribution in [0.2, 0.25) is 0 Å². The number of fused-ring (bicyclic) bond motifs is 5. The van der Waals surface area contributed by atoms with Gasteiger partial charge in [0, 0.05) is 37.0 Å². The summed E-state index contributed by atoms with van der Waals surface area (Å²) in [4.78, 5) is 38.9. The molecule has 4 rings (SSSR count). The van der Waals surface area contributed by atoms with E-state index in [1.54, 1.807) is 13.8 Å². The van der Waals surface area contributed by atoms with Crippen LogP contribution in [0.5, 0.6) is 0 Å². The fourth-order valence-corrected chi connectivity index (χ4v) is 9.23. The van der Waals surface area contributed by atoms with E-state index in [0.717, 1.165) is 5.57 Å². The summed E-state index contributed by atoms with van der Waals surface area (Å²) in [5, 5.41) is 44.6. The molecule has 10 atom stereocenters. The molecule has 0 aromatic rings. The van der Waals surface area contributed by atoms with E-state index in [4.69, 9.17) is 4.74 Å². The Morgan fingerprint density at radius 1 is 1.05 bits per heavy atom. The minimum Gasteiger partial charge on any atom is -0.460 e. The van der Waals surface area contributed by atoms with Crippen molar-refractivity contribution in [1.29, 1.82) is 0 Å². The van der Waals surface area contributed by atoms with Gasteiger partial charge in [0.15, 0.2) is 5.78 Å². The Bertz CT molecular complexity index is 1070. The van der Waals surface area contributed by atoms with Crippen LogP contribution in [0.15, 0.2) is 11.6 Å². The number of hydrogen-bond acceptors (Lipinski definition) is 8. The first kappa shape index (κ1) is 30.4. The lowest BCUT2D eigenvalue weighted by Gasteiger charge is -2.62. The second-order valence-electron chi connectivity index (χ2n) is 14.8. The molecule has 3 fully saturated rings. The fraction of sp³-hybridized carbons (Fsp3) is 0.839. The van der Waals surface area contributed by atoms with Gasteiger partial charge in [-0.05, 0) is 69.1 Å². The lowest BCUT2D eigenvalue weighted by molar-refractivity contribution is -0.170. The van der Waals surface area contributed by atoms with Crippen LogP contribution < -0.4 is 0 Å². The van der Waals surface area contributed by atoms with E-state index >= 15 is 0 Å². The predicted octanol–water partition coefficient (Wildman–Crippen LogP) is 3.13. The third-order valence-electron chi connectivity index (χ3n) is 11.5. The average Bonchev–Trinajstić information content (AvgIpc) is 3.06. The summed E-state index contributed by atoms with van der Waals surface area (Å²) in [6, 6.07) is 0. The van der Waals surface area contributed by atoms with Gasteiger partial charge in [-0.1, -0.05) is 39.3 Å². The Labute approximate surface area is 232 Å². The average molecular weight is 549 g/mol. The molecular formula is C31H48O8. The number of carbonyl (C=O) groups excluding carboxylic acids is 3. The van der Waals surface area contributed by atoms with Gasteiger partial charge in [0.2, 0.25) is 0 Å². The number of aliphatic hydroxyl groups excluding tert-OH is 3. The number of ketones is 2. The Hall–Kier alpha value is -1.61. The maximum atomic E-state index is 14.0. The van der Waals surface area contributed by atoms with Gasteiger partial charge in [-0.3, -0.25) is 14.4 Å². The topological polar surface area (TPSA) is 141 Å². The van der Waals surface area contributed by atoms with E-state index in [1.807, 2.05) is 13.8 Å². The monoisotopic (exact) mass is 548 g/mol. The quantitative estimate of drug-likeness (QED) is 0.293. The zero-order chi connectivity index (χ0) is 29.5. The number of hydrogen-bond donors (Lipinski definition) is 4. The lowest BCUT2D eigenvalue weighted by atomic mass is 9.41. The highest BCUT2D eigenvalue weighted by Gasteiger charge is 2.70. The zero-order valence-electron chi connectivity index (χ0n) is 24.8. The van der Waals surface area contributed by atoms with Crippen LogP contribution in [0.25, 0.3) is 0 Å². The summed E-state index contributed by atoms with van der Waals surface area (Å²) in [5.41, 5.74) is -3.46. The first-order valence-corrected chi connectivity index (χ1v) is 14.4. The first-order valence-electron chi connectivity index (χ1n) is 14.4. The van der Waals surface area contributed by atoms with Gasteiger partial charge in [-0.2, -0.15) is 0 Å². The molecule has 0 amide bonds. The zero-order valence-corrected chi connectivity index (χ0v) is 24.8. The molecule has 220 valence electrons. The van der Waals surface area contributed by atoms with Gasteiger partial charge in [-0.25, -0.2) is 0 Å². The number of allylic oxidation sites excluding steroid dienone is 1. The molecule has 3 saturated carbocycles. The van der Waals surface area contributed by atoms with Gasteiger partial charge in [0.1, 0.15) is 17.0 Å². The van der Waals surface area contributed by atoms with Crippen molar-refractivity contribution in [1.82, 2.24) is 0 Å². The minimum absolute atomic E-state index is 0.0305. The first-order chi connectivity index (χ1) is 17.7. The van der Waals surface area contributed by atoms with Crippen molar-refractivity contribution in [3.8, 4) is 0 Å². The normalized spacial score (nSPS) is 42.9. The summed E-state index contributed by atoms with van der Waals surface area (Å²) in [7, 11) is 0. The highest BCUT2D eigenvalue weighted by molar-refractivity contribution is 5.88. The molecule has 0 aliphatic heterocycles. The Morgan fingerprint density at radius 2 is 1.67 bits per heavy atom. The second kappa shape index (κ2) is 9.47.